The zero-order chi connectivity index (χ0) is 3.70. The van der Waals surface area contributed by atoms with E-state index in [0.29, 0.717) is 0 Å². The van der Waals surface area contributed by atoms with E-state index in [9.17, 15) is 4.79 Å². The fourth-order valence-corrected chi connectivity index (χ4v) is 0.163. The van der Waals surface area contributed by atoms with Gasteiger partial charge in [-0.2, -0.15) is 0 Å². The van der Waals surface area contributed by atoms with Gasteiger partial charge in [0.25, 0.3) is 0 Å². The van der Waals surface area contributed by atoms with Gasteiger partial charge in [-0.25, -0.2) is 0 Å². The van der Waals surface area contributed by atoms with Gasteiger partial charge in [-0.05, 0) is 0 Å². The molecule has 6 heavy (non-hydrogen) atoms. The Morgan fingerprint density at radius 2 is 2.00 bits per heavy atom. The smallest absolute Gasteiger partial charge is 0.209 e. The van der Waals surface area contributed by atoms with E-state index in [2.05, 4.69) is 0 Å². The van der Waals surface area contributed by atoms with Gasteiger partial charge in [0, 0.05) is 13.1 Å². The van der Waals surface area contributed by atoms with Crippen LogP contribution >= 0.6 is 0 Å². The highest BCUT2D eigenvalue weighted by atomic mass is 16.1. The summed E-state index contributed by atoms with van der Waals surface area (Å²) in [5.41, 5.74) is 0. The lowest BCUT2D eigenvalue weighted by Crippen LogP contribution is -1.85. The second-order valence-electron chi connectivity index (χ2n) is 1.14. The minimum Gasteiger partial charge on any atom is -0.344 e. The van der Waals surface area contributed by atoms with Crippen molar-refractivity contribution in [2.75, 3.05) is 13.1 Å². The average molecular weight is 88.1 g/mol. The average Bonchev–Trinajstić information content (AvgIpc) is 2.12. The molecule has 1 aliphatic rings. The molecule has 0 unspecified atom stereocenters. The summed E-state index contributed by atoms with van der Waals surface area (Å²) in [7, 11) is 0. The molecule has 0 saturated carbocycles. The molecule has 3 heteroatoms. The van der Waals surface area contributed by atoms with Crippen LogP contribution in [0.1, 0.15) is 0 Å². The minimum atomic E-state index is 0. The maximum atomic E-state index is 9.49. The Morgan fingerprint density at radius 1 is 1.50 bits per heavy atom. The first-order valence-corrected chi connectivity index (χ1v) is 1.63. The molecule has 0 bridgehead atoms. The lowest BCUT2D eigenvalue weighted by atomic mass is 11.0. The molecule has 0 aromatic carbocycles. The lowest BCUT2D eigenvalue weighted by molar-refractivity contribution is -0.113. The van der Waals surface area contributed by atoms with E-state index in [0.717, 1.165) is 19.5 Å². The summed E-state index contributed by atoms with van der Waals surface area (Å²) in [6.45, 7) is 1.95. The first-order valence-electron chi connectivity index (χ1n) is 1.63. The highest BCUT2D eigenvalue weighted by Crippen LogP contribution is 1.94. The minimum absolute atomic E-state index is 0. The zero-order valence-corrected chi connectivity index (χ0v) is 3.55. The quantitative estimate of drug-likeness (QED) is 0.351. The third-order valence-electron chi connectivity index (χ3n) is 0.631. The van der Waals surface area contributed by atoms with Crippen molar-refractivity contribution >= 4 is 6.41 Å². The fourth-order valence-electron chi connectivity index (χ4n) is 0.163. The molecule has 1 amide bonds. The van der Waals surface area contributed by atoms with Gasteiger partial charge in [0.2, 0.25) is 6.41 Å². The van der Waals surface area contributed by atoms with E-state index >= 15 is 0 Å². The Balaban J connectivity index is 0.000000250. The molecule has 3 nitrogen and oxygen atoms in total. The van der Waals surface area contributed by atoms with Crippen LogP contribution in [0.25, 0.3) is 0 Å². The second kappa shape index (κ2) is 1.77. The maximum absolute atomic E-state index is 9.49. The molecule has 1 saturated heterocycles. The summed E-state index contributed by atoms with van der Waals surface area (Å²) in [5, 5.41) is 0. The van der Waals surface area contributed by atoms with Crippen LogP contribution in [0.5, 0.6) is 0 Å². The number of carbonyl (C=O) groups is 1. The summed E-state index contributed by atoms with van der Waals surface area (Å²) in [6.07, 6.45) is 0.861. The molecule has 1 rings (SSSR count). The highest BCUT2D eigenvalue weighted by Gasteiger charge is 2.11. The van der Waals surface area contributed by atoms with Crippen LogP contribution in [-0.4, -0.2) is 24.4 Å². The number of carbonyl (C=O) groups excluding carboxylic acids is 1. The van der Waals surface area contributed by atoms with Gasteiger partial charge >= 0.3 is 0 Å². The van der Waals surface area contributed by atoms with E-state index in [1.165, 1.54) is 0 Å². The van der Waals surface area contributed by atoms with Crippen molar-refractivity contribution in [3.05, 3.63) is 0 Å². The maximum Gasteiger partial charge on any atom is 0.209 e. The number of hydrogen-bond donors (Lipinski definition) is 1. The Labute approximate surface area is 36.5 Å². The van der Waals surface area contributed by atoms with Crippen molar-refractivity contribution < 1.29 is 4.79 Å². The molecule has 1 aliphatic heterocycles. The molecular weight excluding hydrogens is 80.0 g/mol. The summed E-state index contributed by atoms with van der Waals surface area (Å²) in [6, 6.07) is 0. The normalized spacial score (nSPS) is 15.7. The van der Waals surface area contributed by atoms with Gasteiger partial charge in [0.15, 0.2) is 0 Å². The zero-order valence-electron chi connectivity index (χ0n) is 3.55. The lowest BCUT2D eigenvalue weighted by Gasteiger charge is -1.71. The first kappa shape index (κ1) is 5.43. The SMILES string of the molecule is N.O=CN1CC1. The third-order valence-corrected chi connectivity index (χ3v) is 0.631. The topological polar surface area (TPSA) is 55.1 Å². The largest absolute Gasteiger partial charge is 0.344 e. The monoisotopic (exact) mass is 88.1 g/mol. The van der Waals surface area contributed by atoms with Crippen molar-refractivity contribution in [2.45, 2.75) is 0 Å². The first-order chi connectivity index (χ1) is 2.43. The standard InChI is InChI=1S/C3H5NO.H3N/c5-3-4-1-2-4;/h3H,1-2H2;1H3. The van der Waals surface area contributed by atoms with Gasteiger partial charge in [0.1, 0.15) is 0 Å². The van der Waals surface area contributed by atoms with Gasteiger partial charge in [0.05, 0.1) is 0 Å². The predicted octanol–water partition coefficient (Wildman–Crippen LogP) is -0.380. The Bertz CT molecular complexity index is 50.8. The molecule has 0 radical (unpaired) electrons. The van der Waals surface area contributed by atoms with Crippen LogP contribution in [0.2, 0.25) is 0 Å². The summed E-state index contributed by atoms with van der Waals surface area (Å²) in [4.78, 5) is 11.2. The number of amides is 1. The van der Waals surface area contributed by atoms with E-state index < -0.39 is 0 Å². The van der Waals surface area contributed by atoms with Crippen molar-refractivity contribution in [3.63, 3.8) is 0 Å². The molecule has 0 atom stereocenters. The highest BCUT2D eigenvalue weighted by molar-refractivity contribution is 5.50. The van der Waals surface area contributed by atoms with Crippen molar-refractivity contribution in [1.29, 1.82) is 0 Å². The van der Waals surface area contributed by atoms with Crippen LogP contribution in [0.4, 0.5) is 0 Å². The molecule has 1 heterocycles. The van der Waals surface area contributed by atoms with Crippen molar-refractivity contribution in [3.8, 4) is 0 Å². The van der Waals surface area contributed by atoms with Crippen LogP contribution in [0, 0.1) is 0 Å². The van der Waals surface area contributed by atoms with Crippen LogP contribution in [0.15, 0.2) is 0 Å². The molecule has 1 fully saturated rings. The molecular formula is C3H8N2O. The van der Waals surface area contributed by atoms with Crippen LogP contribution in [0.3, 0.4) is 0 Å². The Kier molecular flexibility index (Phi) is 1.60. The summed E-state index contributed by atoms with van der Waals surface area (Å²) < 4.78 is 0. The molecule has 0 aromatic rings. The van der Waals surface area contributed by atoms with Crippen molar-refractivity contribution in [2.24, 2.45) is 0 Å². The van der Waals surface area contributed by atoms with Gasteiger partial charge < -0.3 is 11.1 Å². The van der Waals surface area contributed by atoms with Crippen LogP contribution < -0.4 is 6.15 Å². The third kappa shape index (κ3) is 1.03. The Hall–Kier alpha value is -0.570. The predicted molar refractivity (Wildman–Crippen MR) is 22.7 cm³/mol. The van der Waals surface area contributed by atoms with E-state index in [1.807, 2.05) is 0 Å². The van der Waals surface area contributed by atoms with Crippen molar-refractivity contribution in [1.82, 2.24) is 11.1 Å². The number of hydrogen-bond acceptors (Lipinski definition) is 2. The van der Waals surface area contributed by atoms with E-state index in [1.54, 1.807) is 4.90 Å². The van der Waals surface area contributed by atoms with Gasteiger partial charge in [-0.3, -0.25) is 4.79 Å². The molecule has 36 valence electrons. The fraction of sp³-hybridized carbons (Fsp3) is 0.667. The second-order valence-corrected chi connectivity index (χ2v) is 1.14. The summed E-state index contributed by atoms with van der Waals surface area (Å²) >= 11 is 0. The van der Waals surface area contributed by atoms with E-state index in [4.69, 9.17) is 0 Å². The van der Waals surface area contributed by atoms with Gasteiger partial charge in [-0.1, -0.05) is 0 Å². The summed E-state index contributed by atoms with van der Waals surface area (Å²) in [5.74, 6) is 0. The molecule has 0 aliphatic carbocycles. The Morgan fingerprint density at radius 3 is 2.00 bits per heavy atom. The van der Waals surface area contributed by atoms with Gasteiger partial charge in [-0.15, -0.1) is 0 Å². The van der Waals surface area contributed by atoms with Crippen LogP contribution in [-0.2, 0) is 4.79 Å². The molecule has 0 spiro atoms. The number of nitrogens with zero attached hydrogens (tertiary/aromatic N) is 1. The molecule has 3 N–H and O–H groups in total. The molecule has 0 aromatic heterocycles. The van der Waals surface area contributed by atoms with E-state index in [-0.39, 0.29) is 6.15 Å². The number of rotatable bonds is 1.